The Morgan fingerprint density at radius 1 is 1.26 bits per heavy atom. The van der Waals surface area contributed by atoms with Crippen LogP contribution in [0.4, 0.5) is 10.1 Å². The molecule has 4 N–H and O–H groups in total. The molecule has 0 heterocycles. The summed E-state index contributed by atoms with van der Waals surface area (Å²) in [4.78, 5) is 22.7. The zero-order chi connectivity index (χ0) is 17.0. The van der Waals surface area contributed by atoms with E-state index in [1.807, 2.05) is 0 Å². The Hall–Kier alpha value is -3.09. The standard InChI is InChI=1S/C16H15FN2O4/c1-23-13-8-9(5-6-12(13)17)14(16(21)22)19-11-4-2-3-10(7-11)15(18)20/h2-8,14,19H,1H3,(H2,18,20)(H,21,22). The number of carbonyl (C=O) groups excluding carboxylic acids is 1. The first kappa shape index (κ1) is 16.3. The fraction of sp³-hybridized carbons (Fsp3) is 0.125. The van der Waals surface area contributed by atoms with Crippen LogP contribution in [0.2, 0.25) is 0 Å². The van der Waals surface area contributed by atoms with Gasteiger partial charge >= 0.3 is 5.97 Å². The van der Waals surface area contributed by atoms with Crippen molar-refractivity contribution in [1.29, 1.82) is 0 Å². The minimum Gasteiger partial charge on any atom is -0.494 e. The lowest BCUT2D eigenvalue weighted by molar-refractivity contribution is -0.138. The number of carboxylic acid groups (broad SMARTS) is 1. The number of rotatable bonds is 6. The number of hydrogen-bond acceptors (Lipinski definition) is 4. The molecule has 6 nitrogen and oxygen atoms in total. The molecule has 2 aromatic carbocycles. The number of amides is 1. The van der Waals surface area contributed by atoms with Gasteiger partial charge in [-0.2, -0.15) is 0 Å². The summed E-state index contributed by atoms with van der Waals surface area (Å²) in [6.45, 7) is 0. The van der Waals surface area contributed by atoms with Gasteiger partial charge in [-0.05, 0) is 35.9 Å². The van der Waals surface area contributed by atoms with E-state index < -0.39 is 23.7 Å². The molecule has 7 heteroatoms. The highest BCUT2D eigenvalue weighted by Gasteiger charge is 2.21. The topological polar surface area (TPSA) is 102 Å². The Balaban J connectivity index is 2.34. The van der Waals surface area contributed by atoms with E-state index in [0.717, 1.165) is 6.07 Å². The predicted molar refractivity (Wildman–Crippen MR) is 81.9 cm³/mol. The molecule has 0 saturated heterocycles. The molecule has 0 fully saturated rings. The van der Waals surface area contributed by atoms with E-state index in [4.69, 9.17) is 10.5 Å². The second-order valence-electron chi connectivity index (χ2n) is 4.75. The van der Waals surface area contributed by atoms with Crippen molar-refractivity contribution < 1.29 is 23.8 Å². The van der Waals surface area contributed by atoms with Gasteiger partial charge in [-0.3, -0.25) is 4.79 Å². The van der Waals surface area contributed by atoms with Crippen LogP contribution in [-0.4, -0.2) is 24.1 Å². The summed E-state index contributed by atoms with van der Waals surface area (Å²) in [5.41, 5.74) is 6.15. The van der Waals surface area contributed by atoms with Gasteiger partial charge in [0.15, 0.2) is 17.6 Å². The lowest BCUT2D eigenvalue weighted by Gasteiger charge is -2.17. The van der Waals surface area contributed by atoms with E-state index in [2.05, 4.69) is 5.32 Å². The summed E-state index contributed by atoms with van der Waals surface area (Å²) >= 11 is 0. The van der Waals surface area contributed by atoms with Gasteiger partial charge in [0.25, 0.3) is 0 Å². The Bertz CT molecular complexity index is 749. The van der Waals surface area contributed by atoms with Crippen LogP contribution in [0.3, 0.4) is 0 Å². The first-order chi connectivity index (χ1) is 10.9. The average Bonchev–Trinajstić information content (AvgIpc) is 2.53. The second-order valence-corrected chi connectivity index (χ2v) is 4.75. The highest BCUT2D eigenvalue weighted by molar-refractivity contribution is 5.94. The maximum atomic E-state index is 13.5. The maximum absolute atomic E-state index is 13.5. The predicted octanol–water partition coefficient (Wildman–Crippen LogP) is 2.17. The lowest BCUT2D eigenvalue weighted by atomic mass is 10.1. The molecule has 0 bridgehead atoms. The molecular formula is C16H15FN2O4. The van der Waals surface area contributed by atoms with Crippen LogP contribution in [0.5, 0.6) is 5.75 Å². The number of ether oxygens (including phenoxy) is 1. The third-order valence-electron chi connectivity index (χ3n) is 3.21. The van der Waals surface area contributed by atoms with Crippen molar-refractivity contribution in [2.75, 3.05) is 12.4 Å². The first-order valence-electron chi connectivity index (χ1n) is 6.65. The van der Waals surface area contributed by atoms with Gasteiger partial charge in [-0.15, -0.1) is 0 Å². The molecule has 23 heavy (non-hydrogen) atoms. The van der Waals surface area contributed by atoms with Gasteiger partial charge in [0.05, 0.1) is 7.11 Å². The normalized spacial score (nSPS) is 11.6. The lowest BCUT2D eigenvalue weighted by Crippen LogP contribution is -2.21. The van der Waals surface area contributed by atoms with Crippen LogP contribution in [0.25, 0.3) is 0 Å². The SMILES string of the molecule is COc1cc(C(Nc2cccc(C(N)=O)c2)C(=O)O)ccc1F. The number of carbonyl (C=O) groups is 2. The highest BCUT2D eigenvalue weighted by atomic mass is 19.1. The third-order valence-corrected chi connectivity index (χ3v) is 3.21. The number of benzene rings is 2. The van der Waals surface area contributed by atoms with Crippen molar-refractivity contribution in [2.24, 2.45) is 5.73 Å². The summed E-state index contributed by atoms with van der Waals surface area (Å²) in [7, 11) is 1.29. The zero-order valence-electron chi connectivity index (χ0n) is 12.2. The number of nitrogens with one attached hydrogen (secondary N) is 1. The molecule has 0 spiro atoms. The fourth-order valence-corrected chi connectivity index (χ4v) is 2.07. The molecule has 0 aromatic heterocycles. The quantitative estimate of drug-likeness (QED) is 0.757. The van der Waals surface area contributed by atoms with Crippen LogP contribution in [-0.2, 0) is 4.79 Å². The molecule has 2 rings (SSSR count). The van der Waals surface area contributed by atoms with E-state index in [-0.39, 0.29) is 11.3 Å². The fourth-order valence-electron chi connectivity index (χ4n) is 2.07. The number of carboxylic acids is 1. The van der Waals surface area contributed by atoms with E-state index >= 15 is 0 Å². The van der Waals surface area contributed by atoms with Crippen LogP contribution in [0, 0.1) is 5.82 Å². The zero-order valence-corrected chi connectivity index (χ0v) is 12.2. The Kier molecular flexibility index (Phi) is 4.80. The number of halogens is 1. The Labute approximate surface area is 131 Å². The smallest absolute Gasteiger partial charge is 0.330 e. The average molecular weight is 318 g/mol. The van der Waals surface area contributed by atoms with Crippen molar-refractivity contribution in [1.82, 2.24) is 0 Å². The van der Waals surface area contributed by atoms with Crippen molar-refractivity contribution >= 4 is 17.6 Å². The van der Waals surface area contributed by atoms with Gasteiger partial charge in [-0.25, -0.2) is 9.18 Å². The molecule has 120 valence electrons. The van der Waals surface area contributed by atoms with E-state index in [0.29, 0.717) is 11.3 Å². The van der Waals surface area contributed by atoms with E-state index in [1.54, 1.807) is 12.1 Å². The van der Waals surface area contributed by atoms with Gasteiger partial charge in [0.1, 0.15) is 0 Å². The molecule has 0 aliphatic carbocycles. The molecule has 0 radical (unpaired) electrons. The van der Waals surface area contributed by atoms with E-state index in [1.165, 1.54) is 31.4 Å². The third kappa shape index (κ3) is 3.76. The summed E-state index contributed by atoms with van der Waals surface area (Å²) in [5.74, 6) is -2.43. The number of aliphatic carboxylic acids is 1. The van der Waals surface area contributed by atoms with Gasteiger partial charge < -0.3 is 20.9 Å². The summed E-state index contributed by atoms with van der Waals surface area (Å²) in [5, 5.41) is 12.2. The molecule has 1 atom stereocenters. The number of primary amides is 1. The molecule has 0 aliphatic heterocycles. The molecule has 1 unspecified atom stereocenters. The van der Waals surface area contributed by atoms with Crippen molar-refractivity contribution in [2.45, 2.75) is 6.04 Å². The molecule has 0 aliphatic rings. The summed E-state index contributed by atoms with van der Waals surface area (Å²) in [6.07, 6.45) is 0. The maximum Gasteiger partial charge on any atom is 0.330 e. The minimum atomic E-state index is -1.16. The Morgan fingerprint density at radius 2 is 2.00 bits per heavy atom. The monoisotopic (exact) mass is 318 g/mol. The van der Waals surface area contributed by atoms with E-state index in [9.17, 15) is 19.1 Å². The molecule has 2 aromatic rings. The van der Waals surface area contributed by atoms with Crippen LogP contribution >= 0.6 is 0 Å². The van der Waals surface area contributed by atoms with Gasteiger partial charge in [0, 0.05) is 11.3 Å². The van der Waals surface area contributed by atoms with Gasteiger partial charge in [0.2, 0.25) is 5.91 Å². The first-order valence-corrected chi connectivity index (χ1v) is 6.65. The van der Waals surface area contributed by atoms with Crippen molar-refractivity contribution in [3.63, 3.8) is 0 Å². The minimum absolute atomic E-state index is 0.0542. The van der Waals surface area contributed by atoms with Crippen LogP contribution in [0.1, 0.15) is 22.0 Å². The number of hydrogen-bond donors (Lipinski definition) is 3. The largest absolute Gasteiger partial charge is 0.494 e. The highest BCUT2D eigenvalue weighted by Crippen LogP contribution is 2.26. The Morgan fingerprint density at radius 3 is 2.61 bits per heavy atom. The summed E-state index contributed by atoms with van der Waals surface area (Å²) < 4.78 is 18.3. The van der Waals surface area contributed by atoms with Crippen molar-refractivity contribution in [3.05, 3.63) is 59.4 Å². The molecular weight excluding hydrogens is 303 g/mol. The van der Waals surface area contributed by atoms with Gasteiger partial charge in [-0.1, -0.05) is 12.1 Å². The van der Waals surface area contributed by atoms with Crippen LogP contribution in [0.15, 0.2) is 42.5 Å². The molecule has 0 saturated carbocycles. The molecule has 1 amide bonds. The van der Waals surface area contributed by atoms with Crippen molar-refractivity contribution in [3.8, 4) is 5.75 Å². The van der Waals surface area contributed by atoms with Crippen LogP contribution < -0.4 is 15.8 Å². The number of nitrogens with two attached hydrogens (primary N) is 1. The number of methoxy groups -OCH3 is 1. The number of anilines is 1. The second kappa shape index (κ2) is 6.78. The summed E-state index contributed by atoms with van der Waals surface area (Å²) in [6, 6.07) is 8.78.